The summed E-state index contributed by atoms with van der Waals surface area (Å²) >= 11 is 1.82. The van der Waals surface area contributed by atoms with Crippen molar-refractivity contribution in [2.45, 2.75) is 24.3 Å². The van der Waals surface area contributed by atoms with E-state index in [0.29, 0.717) is 6.54 Å². The Hall–Kier alpha value is -0.410. The summed E-state index contributed by atoms with van der Waals surface area (Å²) in [6.07, 6.45) is 1.70. The van der Waals surface area contributed by atoms with Crippen LogP contribution in [0, 0.1) is 0 Å². The van der Waals surface area contributed by atoms with E-state index in [-0.39, 0.29) is 4.75 Å². The molecular formula is C9H15NOS. The molecule has 1 heterocycles. The molecule has 0 unspecified atom stereocenters. The van der Waals surface area contributed by atoms with Gasteiger partial charge in [-0.2, -0.15) is 0 Å². The molecule has 0 saturated carbocycles. The first-order valence-corrected chi connectivity index (χ1v) is 4.99. The van der Waals surface area contributed by atoms with Crippen LogP contribution in [0.15, 0.2) is 22.8 Å². The lowest BCUT2D eigenvalue weighted by Crippen LogP contribution is -2.26. The second-order valence-electron chi connectivity index (χ2n) is 3.33. The molecule has 0 amide bonds. The third-order valence-corrected chi connectivity index (χ3v) is 3.05. The van der Waals surface area contributed by atoms with Gasteiger partial charge in [-0.1, -0.05) is 0 Å². The smallest absolute Gasteiger partial charge is 0.113 e. The highest BCUT2D eigenvalue weighted by Gasteiger charge is 2.16. The fraction of sp³-hybridized carbons (Fsp3) is 0.556. The van der Waals surface area contributed by atoms with Crippen LogP contribution >= 0.6 is 11.8 Å². The number of hydrogen-bond donors (Lipinski definition) is 1. The van der Waals surface area contributed by atoms with Crippen LogP contribution in [-0.2, 0) is 5.75 Å². The van der Waals surface area contributed by atoms with E-state index in [1.807, 2.05) is 23.9 Å². The zero-order valence-corrected chi connectivity index (χ0v) is 8.36. The van der Waals surface area contributed by atoms with Crippen molar-refractivity contribution < 1.29 is 4.42 Å². The van der Waals surface area contributed by atoms with E-state index in [4.69, 9.17) is 10.2 Å². The minimum atomic E-state index is 0.146. The van der Waals surface area contributed by atoms with Crippen molar-refractivity contribution in [2.24, 2.45) is 5.73 Å². The standard InChI is InChI=1S/C9H15NOS/c1-9(2,7-10)12-6-8-4-3-5-11-8/h3-5H,6-7,10H2,1-2H3. The Morgan fingerprint density at radius 3 is 2.83 bits per heavy atom. The van der Waals surface area contributed by atoms with Gasteiger partial charge in [-0.15, -0.1) is 11.8 Å². The number of hydrogen-bond acceptors (Lipinski definition) is 3. The van der Waals surface area contributed by atoms with E-state index in [0.717, 1.165) is 11.5 Å². The maximum Gasteiger partial charge on any atom is 0.113 e. The quantitative estimate of drug-likeness (QED) is 0.782. The molecular weight excluding hydrogens is 170 g/mol. The van der Waals surface area contributed by atoms with Crippen molar-refractivity contribution >= 4 is 11.8 Å². The van der Waals surface area contributed by atoms with Gasteiger partial charge in [-0.25, -0.2) is 0 Å². The summed E-state index contributed by atoms with van der Waals surface area (Å²) in [5, 5.41) is 0. The van der Waals surface area contributed by atoms with E-state index < -0.39 is 0 Å². The Kier molecular flexibility index (Phi) is 3.23. The van der Waals surface area contributed by atoms with Gasteiger partial charge in [-0.05, 0) is 26.0 Å². The molecule has 68 valence electrons. The highest BCUT2D eigenvalue weighted by molar-refractivity contribution is 7.99. The molecule has 1 aromatic heterocycles. The average molecular weight is 185 g/mol. The third-order valence-electron chi connectivity index (χ3n) is 1.68. The summed E-state index contributed by atoms with van der Waals surface area (Å²) < 4.78 is 5.36. The second-order valence-corrected chi connectivity index (χ2v) is 5.01. The fourth-order valence-corrected chi connectivity index (χ4v) is 1.54. The van der Waals surface area contributed by atoms with Crippen LogP contribution in [0.3, 0.4) is 0 Å². The summed E-state index contributed by atoms with van der Waals surface area (Å²) in [4.78, 5) is 0. The van der Waals surface area contributed by atoms with E-state index in [9.17, 15) is 0 Å². The highest BCUT2D eigenvalue weighted by atomic mass is 32.2. The van der Waals surface area contributed by atoms with Crippen molar-refractivity contribution in [1.29, 1.82) is 0 Å². The van der Waals surface area contributed by atoms with E-state index in [1.165, 1.54) is 0 Å². The fourth-order valence-electron chi connectivity index (χ4n) is 0.720. The predicted molar refractivity (Wildman–Crippen MR) is 53.1 cm³/mol. The molecule has 0 aliphatic rings. The van der Waals surface area contributed by atoms with Crippen molar-refractivity contribution in [2.75, 3.05) is 6.54 Å². The number of nitrogens with two attached hydrogens (primary N) is 1. The zero-order valence-electron chi connectivity index (χ0n) is 7.54. The summed E-state index contributed by atoms with van der Waals surface area (Å²) in [7, 11) is 0. The summed E-state index contributed by atoms with van der Waals surface area (Å²) in [5.41, 5.74) is 5.59. The van der Waals surface area contributed by atoms with Crippen molar-refractivity contribution in [3.8, 4) is 0 Å². The summed E-state index contributed by atoms with van der Waals surface area (Å²) in [6.45, 7) is 4.97. The van der Waals surface area contributed by atoms with E-state index >= 15 is 0 Å². The van der Waals surface area contributed by atoms with Crippen LogP contribution in [-0.4, -0.2) is 11.3 Å². The maximum absolute atomic E-state index is 5.59. The SMILES string of the molecule is CC(C)(CN)SCc1ccco1. The zero-order chi connectivity index (χ0) is 9.03. The van der Waals surface area contributed by atoms with E-state index in [2.05, 4.69) is 13.8 Å². The first kappa shape index (κ1) is 9.68. The Bertz CT molecular complexity index is 218. The summed E-state index contributed by atoms with van der Waals surface area (Å²) in [5.74, 6) is 1.92. The first-order chi connectivity index (χ1) is 5.64. The Labute approximate surface area is 77.5 Å². The lowest BCUT2D eigenvalue weighted by molar-refractivity contribution is 0.529. The number of thioether (sulfide) groups is 1. The van der Waals surface area contributed by atoms with Crippen molar-refractivity contribution in [3.05, 3.63) is 24.2 Å². The van der Waals surface area contributed by atoms with Gasteiger partial charge in [0.25, 0.3) is 0 Å². The molecule has 0 aliphatic carbocycles. The lowest BCUT2D eigenvalue weighted by Gasteiger charge is -2.20. The average Bonchev–Trinajstić information content (AvgIpc) is 2.53. The van der Waals surface area contributed by atoms with Gasteiger partial charge in [0.15, 0.2) is 0 Å². The van der Waals surface area contributed by atoms with Gasteiger partial charge < -0.3 is 10.2 Å². The molecule has 2 nitrogen and oxygen atoms in total. The maximum atomic E-state index is 5.59. The van der Waals surface area contributed by atoms with Crippen LogP contribution in [0.25, 0.3) is 0 Å². The first-order valence-electron chi connectivity index (χ1n) is 4.00. The van der Waals surface area contributed by atoms with Crippen LogP contribution in [0.1, 0.15) is 19.6 Å². The normalized spacial score (nSPS) is 11.9. The topological polar surface area (TPSA) is 39.2 Å². The Morgan fingerprint density at radius 1 is 1.58 bits per heavy atom. The van der Waals surface area contributed by atoms with Gasteiger partial charge in [0, 0.05) is 11.3 Å². The molecule has 12 heavy (non-hydrogen) atoms. The molecule has 1 aromatic rings. The van der Waals surface area contributed by atoms with Crippen molar-refractivity contribution in [3.63, 3.8) is 0 Å². The van der Waals surface area contributed by atoms with Gasteiger partial charge >= 0.3 is 0 Å². The summed E-state index contributed by atoms with van der Waals surface area (Å²) in [6, 6.07) is 3.89. The molecule has 0 bridgehead atoms. The third kappa shape index (κ3) is 2.91. The van der Waals surface area contributed by atoms with Crippen LogP contribution in [0.4, 0.5) is 0 Å². The molecule has 0 spiro atoms. The molecule has 3 heteroatoms. The predicted octanol–water partition coefficient (Wildman–Crippen LogP) is 2.25. The monoisotopic (exact) mass is 185 g/mol. The minimum Gasteiger partial charge on any atom is -0.468 e. The molecule has 0 aliphatic heterocycles. The molecule has 0 saturated heterocycles. The molecule has 0 aromatic carbocycles. The van der Waals surface area contributed by atoms with Gasteiger partial charge in [0.2, 0.25) is 0 Å². The molecule has 1 rings (SSSR count). The molecule has 0 radical (unpaired) electrons. The second kappa shape index (κ2) is 4.01. The Balaban J connectivity index is 2.36. The van der Waals surface area contributed by atoms with Crippen molar-refractivity contribution in [1.82, 2.24) is 0 Å². The Morgan fingerprint density at radius 2 is 2.33 bits per heavy atom. The van der Waals surface area contributed by atoms with Gasteiger partial charge in [0.05, 0.1) is 12.0 Å². The highest BCUT2D eigenvalue weighted by Crippen LogP contribution is 2.26. The van der Waals surface area contributed by atoms with Crippen LogP contribution in [0.5, 0.6) is 0 Å². The van der Waals surface area contributed by atoms with Crippen LogP contribution in [0.2, 0.25) is 0 Å². The molecule has 0 fully saturated rings. The van der Waals surface area contributed by atoms with E-state index in [1.54, 1.807) is 6.26 Å². The lowest BCUT2D eigenvalue weighted by atomic mass is 10.2. The minimum absolute atomic E-state index is 0.146. The van der Waals surface area contributed by atoms with Gasteiger partial charge in [0.1, 0.15) is 5.76 Å². The van der Waals surface area contributed by atoms with Gasteiger partial charge in [-0.3, -0.25) is 0 Å². The molecule has 0 atom stereocenters. The number of furan rings is 1. The molecule has 2 N–H and O–H groups in total. The van der Waals surface area contributed by atoms with Crippen LogP contribution < -0.4 is 5.73 Å². The largest absolute Gasteiger partial charge is 0.468 e. The number of rotatable bonds is 4.